The van der Waals surface area contributed by atoms with Crippen molar-refractivity contribution in [3.8, 4) is 11.5 Å². The lowest BCUT2D eigenvalue weighted by Crippen LogP contribution is -2.00. The van der Waals surface area contributed by atoms with Crippen molar-refractivity contribution in [1.29, 1.82) is 0 Å². The van der Waals surface area contributed by atoms with Gasteiger partial charge in [0, 0.05) is 4.90 Å². The summed E-state index contributed by atoms with van der Waals surface area (Å²) in [6, 6.07) is 14.1. The van der Waals surface area contributed by atoms with Gasteiger partial charge in [0.15, 0.2) is 0 Å². The van der Waals surface area contributed by atoms with Crippen LogP contribution in [0.15, 0.2) is 53.4 Å². The predicted octanol–water partition coefficient (Wildman–Crippen LogP) is 3.55. The Kier molecular flexibility index (Phi) is 3.89. The SMILES string of the molecule is COC(=O)c1ccc(Oc2ccc(S)cc2)cc1. The first-order valence-corrected chi connectivity index (χ1v) is 5.79. The molecule has 2 aromatic carbocycles. The first-order valence-electron chi connectivity index (χ1n) is 5.34. The van der Waals surface area contributed by atoms with E-state index in [9.17, 15) is 4.79 Å². The number of rotatable bonds is 3. The van der Waals surface area contributed by atoms with Gasteiger partial charge >= 0.3 is 5.97 Å². The van der Waals surface area contributed by atoms with E-state index in [1.165, 1.54) is 7.11 Å². The second kappa shape index (κ2) is 5.60. The molecule has 0 fully saturated rings. The van der Waals surface area contributed by atoms with Crippen molar-refractivity contribution in [2.24, 2.45) is 0 Å². The van der Waals surface area contributed by atoms with Crippen molar-refractivity contribution in [3.05, 3.63) is 54.1 Å². The van der Waals surface area contributed by atoms with Gasteiger partial charge in [-0.2, -0.15) is 0 Å². The first kappa shape index (κ1) is 12.5. The molecule has 0 amide bonds. The molecule has 0 bridgehead atoms. The Balaban J connectivity index is 2.10. The minimum absolute atomic E-state index is 0.360. The Morgan fingerprint density at radius 2 is 1.44 bits per heavy atom. The third-order valence-electron chi connectivity index (χ3n) is 2.35. The second-order valence-corrected chi connectivity index (χ2v) is 4.13. The molecule has 0 N–H and O–H groups in total. The van der Waals surface area contributed by atoms with Crippen LogP contribution in [-0.4, -0.2) is 13.1 Å². The van der Waals surface area contributed by atoms with E-state index in [0.29, 0.717) is 11.3 Å². The summed E-state index contributed by atoms with van der Waals surface area (Å²) in [7, 11) is 1.35. The largest absolute Gasteiger partial charge is 0.465 e. The van der Waals surface area contributed by atoms with E-state index in [0.717, 1.165) is 10.6 Å². The van der Waals surface area contributed by atoms with Crippen LogP contribution in [0.1, 0.15) is 10.4 Å². The molecule has 0 radical (unpaired) electrons. The number of thiol groups is 1. The van der Waals surface area contributed by atoms with E-state index in [1.807, 2.05) is 24.3 Å². The first-order chi connectivity index (χ1) is 8.69. The highest BCUT2D eigenvalue weighted by Gasteiger charge is 2.04. The third kappa shape index (κ3) is 3.05. The van der Waals surface area contributed by atoms with Crippen molar-refractivity contribution in [2.75, 3.05) is 7.11 Å². The van der Waals surface area contributed by atoms with Gasteiger partial charge in [0.1, 0.15) is 11.5 Å². The molecule has 0 aliphatic heterocycles. The number of ether oxygens (including phenoxy) is 2. The molecule has 92 valence electrons. The average Bonchev–Trinajstić information content (AvgIpc) is 2.41. The molecule has 18 heavy (non-hydrogen) atoms. The Labute approximate surface area is 111 Å². The number of methoxy groups -OCH3 is 1. The molecule has 0 heterocycles. The lowest BCUT2D eigenvalue weighted by molar-refractivity contribution is 0.0600. The van der Waals surface area contributed by atoms with Gasteiger partial charge in [-0.1, -0.05) is 0 Å². The van der Waals surface area contributed by atoms with Gasteiger partial charge < -0.3 is 9.47 Å². The van der Waals surface area contributed by atoms with Crippen LogP contribution in [0.5, 0.6) is 11.5 Å². The molecule has 3 nitrogen and oxygen atoms in total. The summed E-state index contributed by atoms with van der Waals surface area (Å²) >= 11 is 4.20. The zero-order valence-corrected chi connectivity index (χ0v) is 10.7. The van der Waals surface area contributed by atoms with Crippen LogP contribution in [0.3, 0.4) is 0 Å². The summed E-state index contributed by atoms with van der Waals surface area (Å²) < 4.78 is 10.2. The van der Waals surface area contributed by atoms with E-state index in [2.05, 4.69) is 17.4 Å². The average molecular weight is 260 g/mol. The standard InChI is InChI=1S/C14H12O3S/c1-16-14(15)10-2-4-11(5-3-10)17-12-6-8-13(18)9-7-12/h2-9,18H,1H3. The fourth-order valence-corrected chi connectivity index (χ4v) is 1.58. The maximum Gasteiger partial charge on any atom is 0.337 e. The Hall–Kier alpha value is -1.94. The molecule has 0 spiro atoms. The summed E-state index contributed by atoms with van der Waals surface area (Å²) in [4.78, 5) is 12.1. The summed E-state index contributed by atoms with van der Waals surface area (Å²) in [6.07, 6.45) is 0. The summed E-state index contributed by atoms with van der Waals surface area (Å²) in [6.45, 7) is 0. The number of esters is 1. The molecular weight excluding hydrogens is 248 g/mol. The van der Waals surface area contributed by atoms with Crippen LogP contribution < -0.4 is 4.74 Å². The van der Waals surface area contributed by atoms with Crippen LogP contribution in [-0.2, 0) is 4.74 Å². The summed E-state index contributed by atoms with van der Waals surface area (Å²) in [5, 5.41) is 0. The van der Waals surface area contributed by atoms with Crippen molar-refractivity contribution in [1.82, 2.24) is 0 Å². The molecule has 0 aliphatic rings. The maximum atomic E-state index is 11.2. The van der Waals surface area contributed by atoms with Crippen molar-refractivity contribution in [3.63, 3.8) is 0 Å². The van der Waals surface area contributed by atoms with Gasteiger partial charge in [-0.05, 0) is 48.5 Å². The normalized spacial score (nSPS) is 9.89. The third-order valence-corrected chi connectivity index (χ3v) is 2.65. The van der Waals surface area contributed by atoms with Crippen molar-refractivity contribution >= 4 is 18.6 Å². The summed E-state index contributed by atoms with van der Waals surface area (Å²) in [5.41, 5.74) is 0.496. The minimum Gasteiger partial charge on any atom is -0.465 e. The number of carbonyl (C=O) groups is 1. The number of benzene rings is 2. The molecule has 0 saturated carbocycles. The van der Waals surface area contributed by atoms with Crippen molar-refractivity contribution < 1.29 is 14.3 Å². The molecule has 2 rings (SSSR count). The van der Waals surface area contributed by atoms with E-state index in [1.54, 1.807) is 24.3 Å². The van der Waals surface area contributed by atoms with Crippen molar-refractivity contribution in [2.45, 2.75) is 4.90 Å². The Morgan fingerprint density at radius 1 is 0.944 bits per heavy atom. The number of carbonyl (C=O) groups excluding carboxylic acids is 1. The quantitative estimate of drug-likeness (QED) is 0.677. The second-order valence-electron chi connectivity index (χ2n) is 3.61. The molecule has 0 aliphatic carbocycles. The lowest BCUT2D eigenvalue weighted by Gasteiger charge is -2.06. The monoisotopic (exact) mass is 260 g/mol. The van der Waals surface area contributed by atoms with E-state index >= 15 is 0 Å². The zero-order valence-electron chi connectivity index (χ0n) is 9.79. The molecule has 4 heteroatoms. The minimum atomic E-state index is -0.360. The zero-order chi connectivity index (χ0) is 13.0. The molecule has 0 aromatic heterocycles. The fraction of sp³-hybridized carbons (Fsp3) is 0.0714. The number of hydrogen-bond acceptors (Lipinski definition) is 4. The summed E-state index contributed by atoms with van der Waals surface area (Å²) in [5.74, 6) is 1.02. The Bertz CT molecular complexity index is 532. The van der Waals surface area contributed by atoms with Crippen LogP contribution in [0.2, 0.25) is 0 Å². The van der Waals surface area contributed by atoms with E-state index < -0.39 is 0 Å². The van der Waals surface area contributed by atoms with Crippen LogP contribution >= 0.6 is 12.6 Å². The molecular formula is C14H12O3S. The van der Waals surface area contributed by atoms with Gasteiger partial charge in [-0.3, -0.25) is 0 Å². The van der Waals surface area contributed by atoms with Gasteiger partial charge in [0.2, 0.25) is 0 Å². The maximum absolute atomic E-state index is 11.2. The van der Waals surface area contributed by atoms with Crippen LogP contribution in [0, 0.1) is 0 Å². The van der Waals surface area contributed by atoms with Crippen LogP contribution in [0.25, 0.3) is 0 Å². The molecule has 2 aromatic rings. The molecule has 0 unspecified atom stereocenters. The van der Waals surface area contributed by atoms with Gasteiger partial charge in [-0.25, -0.2) is 4.79 Å². The smallest absolute Gasteiger partial charge is 0.337 e. The highest BCUT2D eigenvalue weighted by Crippen LogP contribution is 2.22. The highest BCUT2D eigenvalue weighted by atomic mass is 32.1. The molecule has 0 saturated heterocycles. The lowest BCUT2D eigenvalue weighted by atomic mass is 10.2. The topological polar surface area (TPSA) is 35.5 Å². The Morgan fingerprint density at radius 3 is 1.94 bits per heavy atom. The van der Waals surface area contributed by atoms with Gasteiger partial charge in [0.05, 0.1) is 12.7 Å². The fourth-order valence-electron chi connectivity index (χ4n) is 1.43. The highest BCUT2D eigenvalue weighted by molar-refractivity contribution is 7.80. The molecule has 0 atom stereocenters. The van der Waals surface area contributed by atoms with Gasteiger partial charge in [0.25, 0.3) is 0 Å². The number of hydrogen-bond donors (Lipinski definition) is 1. The van der Waals surface area contributed by atoms with Crippen LogP contribution in [0.4, 0.5) is 0 Å². The van der Waals surface area contributed by atoms with Gasteiger partial charge in [-0.15, -0.1) is 12.6 Å². The van der Waals surface area contributed by atoms with E-state index in [-0.39, 0.29) is 5.97 Å². The predicted molar refractivity (Wildman–Crippen MR) is 71.5 cm³/mol. The van der Waals surface area contributed by atoms with E-state index in [4.69, 9.17) is 4.74 Å².